The summed E-state index contributed by atoms with van der Waals surface area (Å²) in [6.45, 7) is 9.62. The lowest BCUT2D eigenvalue weighted by atomic mass is 9.97. The Morgan fingerprint density at radius 3 is 2.42 bits per heavy atom. The van der Waals surface area contributed by atoms with E-state index in [1.54, 1.807) is 20.8 Å². The van der Waals surface area contributed by atoms with Crippen LogP contribution >= 0.6 is 0 Å². The molecule has 1 aliphatic heterocycles. The summed E-state index contributed by atoms with van der Waals surface area (Å²) >= 11 is 0. The maximum absolute atomic E-state index is 12.9. The van der Waals surface area contributed by atoms with E-state index in [-0.39, 0.29) is 11.8 Å². The van der Waals surface area contributed by atoms with Crippen LogP contribution in [0.1, 0.15) is 53.9 Å². The molecule has 0 aromatic heterocycles. The van der Waals surface area contributed by atoms with Crippen LogP contribution in [0.15, 0.2) is 0 Å². The molecule has 1 saturated heterocycles. The molecule has 24 heavy (non-hydrogen) atoms. The van der Waals surface area contributed by atoms with Gasteiger partial charge in [-0.1, -0.05) is 20.3 Å². The number of hydrogen-bond donors (Lipinski definition) is 1. The molecule has 1 fully saturated rings. The molecule has 1 N–H and O–H groups in total. The number of ether oxygens (including phenoxy) is 2. The molecule has 1 aliphatic rings. The van der Waals surface area contributed by atoms with Crippen molar-refractivity contribution in [1.82, 2.24) is 10.2 Å². The lowest BCUT2D eigenvalue weighted by Crippen LogP contribution is -2.54. The molecule has 0 aromatic carbocycles. The number of nitrogens with one attached hydrogen (secondary N) is 1. The van der Waals surface area contributed by atoms with Gasteiger partial charge in [0.05, 0.1) is 7.11 Å². The molecule has 2 amide bonds. The first-order valence-electron chi connectivity index (χ1n) is 8.48. The molecule has 0 spiro atoms. The van der Waals surface area contributed by atoms with Crippen LogP contribution < -0.4 is 5.32 Å². The Kier molecular flexibility index (Phi) is 7.05. The molecule has 3 atom stereocenters. The number of esters is 1. The number of methoxy groups -OCH3 is 1. The summed E-state index contributed by atoms with van der Waals surface area (Å²) in [5.74, 6) is -0.756. The molecule has 3 unspecified atom stereocenters. The van der Waals surface area contributed by atoms with Crippen molar-refractivity contribution in [2.24, 2.45) is 5.92 Å². The fraction of sp³-hybridized carbons (Fsp3) is 0.824. The van der Waals surface area contributed by atoms with Gasteiger partial charge in [-0.05, 0) is 39.5 Å². The third-order valence-electron chi connectivity index (χ3n) is 4.16. The summed E-state index contributed by atoms with van der Waals surface area (Å²) in [5.41, 5.74) is -0.644. The quantitative estimate of drug-likeness (QED) is 0.773. The van der Waals surface area contributed by atoms with E-state index >= 15 is 0 Å². The van der Waals surface area contributed by atoms with Crippen LogP contribution in [0.5, 0.6) is 0 Å². The molecule has 0 aliphatic carbocycles. The fourth-order valence-electron chi connectivity index (χ4n) is 2.71. The monoisotopic (exact) mass is 342 g/mol. The van der Waals surface area contributed by atoms with Crippen molar-refractivity contribution in [2.45, 2.75) is 71.6 Å². The van der Waals surface area contributed by atoms with Gasteiger partial charge in [-0.15, -0.1) is 0 Å². The SMILES string of the molecule is CCC(C)C(NC(=O)OC(C)(C)C)C(=O)N1CCCC1C(=O)OC. The lowest BCUT2D eigenvalue weighted by molar-refractivity contribution is -0.152. The minimum absolute atomic E-state index is 0.0797. The zero-order valence-electron chi connectivity index (χ0n) is 15.5. The summed E-state index contributed by atoms with van der Waals surface area (Å²) in [7, 11) is 1.31. The number of carbonyl (C=O) groups excluding carboxylic acids is 3. The molecule has 7 nitrogen and oxygen atoms in total. The second kappa shape index (κ2) is 8.35. The first-order chi connectivity index (χ1) is 11.1. The number of likely N-dealkylation sites (tertiary alicyclic amines) is 1. The van der Waals surface area contributed by atoms with Crippen molar-refractivity contribution in [3.05, 3.63) is 0 Å². The first-order valence-corrected chi connectivity index (χ1v) is 8.48. The van der Waals surface area contributed by atoms with Crippen molar-refractivity contribution in [3.8, 4) is 0 Å². The minimum Gasteiger partial charge on any atom is -0.467 e. The molecular formula is C17H30N2O5. The van der Waals surface area contributed by atoms with Crippen LogP contribution in [0.4, 0.5) is 4.79 Å². The molecule has 1 heterocycles. The predicted octanol–water partition coefficient (Wildman–Crippen LogP) is 2.09. The summed E-state index contributed by atoms with van der Waals surface area (Å²) in [4.78, 5) is 38.4. The molecule has 1 rings (SSSR count). The number of rotatable bonds is 5. The van der Waals surface area contributed by atoms with Crippen LogP contribution in [-0.4, -0.2) is 54.2 Å². The van der Waals surface area contributed by atoms with Gasteiger partial charge in [0.1, 0.15) is 17.7 Å². The molecular weight excluding hydrogens is 312 g/mol. The van der Waals surface area contributed by atoms with Crippen LogP contribution in [0, 0.1) is 5.92 Å². The van der Waals surface area contributed by atoms with Gasteiger partial charge in [0.2, 0.25) is 5.91 Å². The van der Waals surface area contributed by atoms with Gasteiger partial charge in [0.15, 0.2) is 0 Å². The van der Waals surface area contributed by atoms with Crippen molar-refractivity contribution >= 4 is 18.0 Å². The summed E-state index contributed by atoms with van der Waals surface area (Å²) in [6.07, 6.45) is 1.40. The molecule has 0 radical (unpaired) electrons. The number of amides is 2. The fourth-order valence-corrected chi connectivity index (χ4v) is 2.71. The molecule has 138 valence electrons. The van der Waals surface area contributed by atoms with Crippen LogP contribution in [-0.2, 0) is 19.1 Å². The highest BCUT2D eigenvalue weighted by Crippen LogP contribution is 2.22. The number of carbonyl (C=O) groups is 3. The Bertz CT molecular complexity index is 472. The molecule has 0 aromatic rings. The average molecular weight is 342 g/mol. The summed E-state index contributed by atoms with van der Waals surface area (Å²) in [6, 6.07) is -1.30. The van der Waals surface area contributed by atoms with Crippen molar-refractivity contribution < 1.29 is 23.9 Å². The Hall–Kier alpha value is -1.79. The number of nitrogens with zero attached hydrogens (tertiary/aromatic N) is 1. The van der Waals surface area contributed by atoms with E-state index in [1.807, 2.05) is 13.8 Å². The van der Waals surface area contributed by atoms with Gasteiger partial charge in [-0.3, -0.25) is 4.79 Å². The maximum Gasteiger partial charge on any atom is 0.408 e. The molecule has 0 saturated carbocycles. The van der Waals surface area contributed by atoms with Gasteiger partial charge in [-0.2, -0.15) is 0 Å². The largest absolute Gasteiger partial charge is 0.467 e. The standard InChI is InChI=1S/C17H30N2O5/c1-7-11(2)13(18-16(22)24-17(3,4)5)14(20)19-10-8-9-12(19)15(21)23-6/h11-13H,7-10H2,1-6H3,(H,18,22). The van der Waals surface area contributed by atoms with Crippen molar-refractivity contribution in [3.63, 3.8) is 0 Å². The maximum atomic E-state index is 12.9. The molecule has 0 bridgehead atoms. The van der Waals surface area contributed by atoms with Crippen LogP contribution in [0.2, 0.25) is 0 Å². The Balaban J connectivity index is 2.89. The predicted molar refractivity (Wildman–Crippen MR) is 89.4 cm³/mol. The third kappa shape index (κ3) is 5.39. The Morgan fingerprint density at radius 1 is 1.29 bits per heavy atom. The average Bonchev–Trinajstić information content (AvgIpc) is 2.98. The van der Waals surface area contributed by atoms with E-state index in [0.717, 1.165) is 6.42 Å². The Morgan fingerprint density at radius 2 is 1.92 bits per heavy atom. The van der Waals surface area contributed by atoms with Gasteiger partial charge in [-0.25, -0.2) is 9.59 Å². The van der Waals surface area contributed by atoms with Crippen LogP contribution in [0.25, 0.3) is 0 Å². The van der Waals surface area contributed by atoms with Gasteiger partial charge in [0.25, 0.3) is 0 Å². The van der Waals surface area contributed by atoms with E-state index in [1.165, 1.54) is 12.0 Å². The van der Waals surface area contributed by atoms with Gasteiger partial charge >= 0.3 is 12.1 Å². The highest BCUT2D eigenvalue weighted by atomic mass is 16.6. The van der Waals surface area contributed by atoms with Crippen LogP contribution in [0.3, 0.4) is 0 Å². The van der Waals surface area contributed by atoms with E-state index in [4.69, 9.17) is 9.47 Å². The first kappa shape index (κ1) is 20.3. The smallest absolute Gasteiger partial charge is 0.408 e. The minimum atomic E-state index is -0.727. The lowest BCUT2D eigenvalue weighted by Gasteiger charge is -2.31. The highest BCUT2D eigenvalue weighted by Gasteiger charge is 2.40. The van der Waals surface area contributed by atoms with E-state index < -0.39 is 29.7 Å². The normalized spacial score (nSPS) is 20.2. The van der Waals surface area contributed by atoms with Gasteiger partial charge < -0.3 is 19.7 Å². The summed E-state index contributed by atoms with van der Waals surface area (Å²) in [5, 5.41) is 2.67. The number of hydrogen-bond acceptors (Lipinski definition) is 5. The second-order valence-electron chi connectivity index (χ2n) is 7.22. The zero-order chi connectivity index (χ0) is 18.5. The highest BCUT2D eigenvalue weighted by molar-refractivity contribution is 5.90. The Labute approximate surface area is 144 Å². The zero-order valence-corrected chi connectivity index (χ0v) is 15.5. The van der Waals surface area contributed by atoms with E-state index in [0.29, 0.717) is 19.4 Å². The van der Waals surface area contributed by atoms with Gasteiger partial charge in [0, 0.05) is 6.54 Å². The van der Waals surface area contributed by atoms with E-state index in [2.05, 4.69) is 5.32 Å². The van der Waals surface area contributed by atoms with E-state index in [9.17, 15) is 14.4 Å². The van der Waals surface area contributed by atoms with Crippen molar-refractivity contribution in [2.75, 3.05) is 13.7 Å². The van der Waals surface area contributed by atoms with Crippen molar-refractivity contribution in [1.29, 1.82) is 0 Å². The number of alkyl carbamates (subject to hydrolysis) is 1. The molecule has 7 heteroatoms. The second-order valence-corrected chi connectivity index (χ2v) is 7.22. The summed E-state index contributed by atoms with van der Waals surface area (Å²) < 4.78 is 10.0. The third-order valence-corrected chi connectivity index (χ3v) is 4.16. The topological polar surface area (TPSA) is 84.9 Å².